The molecule has 0 aliphatic heterocycles. The first-order chi connectivity index (χ1) is 13.8. The van der Waals surface area contributed by atoms with E-state index in [-0.39, 0.29) is 5.82 Å². The Kier molecular flexibility index (Phi) is 4.17. The van der Waals surface area contributed by atoms with Crippen molar-refractivity contribution >= 4 is 33.0 Å². The highest BCUT2D eigenvalue weighted by atomic mass is 32.1. The molecule has 28 heavy (non-hydrogen) atoms. The number of fused-ring (bicyclic) bond motifs is 2. The summed E-state index contributed by atoms with van der Waals surface area (Å²) in [6.45, 7) is 0.653. The first kappa shape index (κ1) is 16.8. The van der Waals surface area contributed by atoms with Gasteiger partial charge in [0.2, 0.25) is 0 Å². The number of hydrogen-bond acceptors (Lipinski definition) is 6. The summed E-state index contributed by atoms with van der Waals surface area (Å²) in [5.74, 6) is 1.40. The van der Waals surface area contributed by atoms with Gasteiger partial charge in [-0.15, -0.1) is 21.5 Å². The predicted octanol–water partition coefficient (Wildman–Crippen LogP) is 4.19. The van der Waals surface area contributed by atoms with Gasteiger partial charge < -0.3 is 5.32 Å². The van der Waals surface area contributed by atoms with E-state index in [1.165, 1.54) is 12.1 Å². The Balaban J connectivity index is 1.43. The molecule has 8 heteroatoms. The zero-order valence-electron chi connectivity index (χ0n) is 14.7. The third kappa shape index (κ3) is 2.97. The molecule has 4 heterocycles. The summed E-state index contributed by atoms with van der Waals surface area (Å²) in [6, 6.07) is 12.3. The van der Waals surface area contributed by atoms with Crippen molar-refractivity contribution in [2.45, 2.75) is 6.42 Å². The van der Waals surface area contributed by atoms with Gasteiger partial charge in [-0.2, -0.15) is 0 Å². The maximum atomic E-state index is 13.3. The van der Waals surface area contributed by atoms with Crippen LogP contribution in [0.2, 0.25) is 0 Å². The highest BCUT2D eigenvalue weighted by Crippen LogP contribution is 2.36. The van der Waals surface area contributed by atoms with Gasteiger partial charge in [0, 0.05) is 30.1 Å². The molecule has 0 aliphatic rings. The van der Waals surface area contributed by atoms with E-state index in [1.54, 1.807) is 29.8 Å². The molecule has 0 amide bonds. The van der Waals surface area contributed by atoms with E-state index in [0.717, 1.165) is 38.6 Å². The second kappa shape index (κ2) is 6.97. The Morgan fingerprint density at radius 3 is 2.82 bits per heavy atom. The molecule has 0 saturated heterocycles. The number of nitrogens with one attached hydrogen (secondary N) is 1. The lowest BCUT2D eigenvalue weighted by Gasteiger charge is -2.08. The van der Waals surface area contributed by atoms with Crippen LogP contribution in [-0.4, -0.2) is 31.1 Å². The minimum Gasteiger partial charge on any atom is -0.369 e. The molecule has 0 aliphatic carbocycles. The molecule has 0 radical (unpaired) electrons. The van der Waals surface area contributed by atoms with Gasteiger partial charge >= 0.3 is 0 Å². The molecule has 4 aromatic heterocycles. The second-order valence-corrected chi connectivity index (χ2v) is 7.14. The topological polar surface area (TPSA) is 68.0 Å². The van der Waals surface area contributed by atoms with E-state index >= 15 is 0 Å². The number of pyridine rings is 1. The van der Waals surface area contributed by atoms with Crippen molar-refractivity contribution in [3.63, 3.8) is 0 Å². The van der Waals surface area contributed by atoms with Crippen LogP contribution in [0.15, 0.2) is 60.4 Å². The molecule has 1 N–H and O–H groups in total. The zero-order chi connectivity index (χ0) is 18.9. The summed E-state index contributed by atoms with van der Waals surface area (Å²) in [7, 11) is 0. The molecule has 0 saturated carbocycles. The average molecular weight is 390 g/mol. The van der Waals surface area contributed by atoms with Gasteiger partial charge in [-0.3, -0.25) is 4.40 Å². The van der Waals surface area contributed by atoms with Gasteiger partial charge in [-0.1, -0.05) is 18.2 Å². The first-order valence-electron chi connectivity index (χ1n) is 8.80. The van der Waals surface area contributed by atoms with Crippen molar-refractivity contribution in [2.75, 3.05) is 11.9 Å². The van der Waals surface area contributed by atoms with Crippen LogP contribution in [0.4, 0.5) is 10.2 Å². The minimum absolute atomic E-state index is 0.251. The van der Waals surface area contributed by atoms with Crippen LogP contribution < -0.4 is 5.32 Å². The van der Waals surface area contributed by atoms with Gasteiger partial charge in [0.25, 0.3) is 0 Å². The molecule has 1 aromatic carbocycles. The molecule has 0 spiro atoms. The summed E-state index contributed by atoms with van der Waals surface area (Å²) < 4.78 is 15.3. The average Bonchev–Trinajstić information content (AvgIpc) is 3.34. The number of anilines is 1. The van der Waals surface area contributed by atoms with Crippen LogP contribution in [0.5, 0.6) is 0 Å². The van der Waals surface area contributed by atoms with Crippen LogP contribution in [0.25, 0.3) is 27.0 Å². The second-order valence-electron chi connectivity index (χ2n) is 6.28. The van der Waals surface area contributed by atoms with Crippen molar-refractivity contribution in [3.8, 4) is 11.1 Å². The molecule has 6 nitrogen and oxygen atoms in total. The summed E-state index contributed by atoms with van der Waals surface area (Å²) in [4.78, 5) is 9.70. The van der Waals surface area contributed by atoms with Crippen molar-refractivity contribution in [1.82, 2.24) is 24.6 Å². The quantitative estimate of drug-likeness (QED) is 0.487. The van der Waals surface area contributed by atoms with E-state index in [1.807, 2.05) is 34.2 Å². The lowest BCUT2D eigenvalue weighted by molar-refractivity contribution is 0.628. The largest absolute Gasteiger partial charge is 0.369 e. The lowest BCUT2D eigenvalue weighted by atomic mass is 10.1. The van der Waals surface area contributed by atoms with Crippen LogP contribution in [-0.2, 0) is 6.42 Å². The van der Waals surface area contributed by atoms with Gasteiger partial charge in [0.15, 0.2) is 5.65 Å². The van der Waals surface area contributed by atoms with Gasteiger partial charge in [0.1, 0.15) is 28.6 Å². The maximum absolute atomic E-state index is 13.3. The highest BCUT2D eigenvalue weighted by Gasteiger charge is 2.13. The van der Waals surface area contributed by atoms with E-state index in [2.05, 4.69) is 25.5 Å². The molecule has 138 valence electrons. The molecule has 0 atom stereocenters. The molecule has 0 bridgehead atoms. The van der Waals surface area contributed by atoms with Gasteiger partial charge in [-0.25, -0.2) is 14.4 Å². The number of hydrogen-bond donors (Lipinski definition) is 1. The molecule has 5 rings (SSSR count). The summed E-state index contributed by atoms with van der Waals surface area (Å²) in [5.41, 5.74) is 2.77. The lowest BCUT2D eigenvalue weighted by Crippen LogP contribution is -2.09. The first-order valence-corrected chi connectivity index (χ1v) is 9.68. The van der Waals surface area contributed by atoms with Gasteiger partial charge in [0.05, 0.1) is 5.39 Å². The van der Waals surface area contributed by atoms with Crippen LogP contribution >= 0.6 is 11.3 Å². The van der Waals surface area contributed by atoms with Crippen LogP contribution in [0.1, 0.15) is 5.82 Å². The van der Waals surface area contributed by atoms with E-state index in [4.69, 9.17) is 0 Å². The van der Waals surface area contributed by atoms with Crippen molar-refractivity contribution in [1.29, 1.82) is 0 Å². The Bertz CT molecular complexity index is 1260. The number of aromatic nitrogens is 5. The van der Waals surface area contributed by atoms with Gasteiger partial charge in [-0.05, 0) is 29.8 Å². The molecule has 0 unspecified atom stereocenters. The standard InChI is InChI=1S/C20H15FN6S/c21-14-6-4-13(5-7-14)15-11-28-20-18(15)19(23-12-24-20)22-9-8-17-26-25-16-3-1-2-10-27(16)17/h1-7,10-12H,8-9H2,(H,22,23,24). The summed E-state index contributed by atoms with van der Waals surface area (Å²) in [5, 5.41) is 14.8. The normalized spacial score (nSPS) is 11.3. The van der Waals surface area contributed by atoms with Crippen molar-refractivity contribution < 1.29 is 4.39 Å². The number of halogens is 1. The fourth-order valence-corrected chi connectivity index (χ4v) is 4.12. The number of benzene rings is 1. The molecular formula is C20H15FN6S. The number of rotatable bonds is 5. The van der Waals surface area contributed by atoms with Crippen LogP contribution in [0, 0.1) is 5.82 Å². The van der Waals surface area contributed by atoms with E-state index < -0.39 is 0 Å². The summed E-state index contributed by atoms with van der Waals surface area (Å²) in [6.07, 6.45) is 4.22. The molecular weight excluding hydrogens is 375 g/mol. The van der Waals surface area contributed by atoms with E-state index in [9.17, 15) is 4.39 Å². The number of thiophene rings is 1. The predicted molar refractivity (Wildman–Crippen MR) is 108 cm³/mol. The maximum Gasteiger partial charge on any atom is 0.160 e. The fourth-order valence-electron chi connectivity index (χ4n) is 3.21. The Morgan fingerprint density at radius 2 is 1.93 bits per heavy atom. The van der Waals surface area contributed by atoms with Crippen LogP contribution in [0.3, 0.4) is 0 Å². The minimum atomic E-state index is -0.251. The SMILES string of the molecule is Fc1ccc(-c2csc3ncnc(NCCc4nnc5ccccn45)c23)cc1. The fraction of sp³-hybridized carbons (Fsp3) is 0.100. The summed E-state index contributed by atoms with van der Waals surface area (Å²) >= 11 is 1.55. The Morgan fingerprint density at radius 1 is 1.04 bits per heavy atom. The van der Waals surface area contributed by atoms with Crippen molar-refractivity contribution in [2.24, 2.45) is 0 Å². The highest BCUT2D eigenvalue weighted by molar-refractivity contribution is 7.17. The third-order valence-corrected chi connectivity index (χ3v) is 5.44. The van der Waals surface area contributed by atoms with Crippen molar-refractivity contribution in [3.05, 3.63) is 72.0 Å². The van der Waals surface area contributed by atoms with E-state index in [0.29, 0.717) is 13.0 Å². The third-order valence-electron chi connectivity index (χ3n) is 4.55. The Labute approximate surface area is 163 Å². The zero-order valence-corrected chi connectivity index (χ0v) is 15.5. The molecule has 5 aromatic rings. The number of nitrogens with zero attached hydrogens (tertiary/aromatic N) is 5. The smallest absolute Gasteiger partial charge is 0.160 e. The monoisotopic (exact) mass is 390 g/mol. The Hall–Kier alpha value is -3.39. The molecule has 0 fully saturated rings.